The van der Waals surface area contributed by atoms with E-state index in [1.807, 2.05) is 0 Å². The van der Waals surface area contributed by atoms with Crippen LogP contribution in [0.3, 0.4) is 0 Å². The van der Waals surface area contributed by atoms with Crippen LogP contribution >= 0.6 is 0 Å². The summed E-state index contributed by atoms with van der Waals surface area (Å²) in [6.45, 7) is -2.25. The minimum absolute atomic E-state index is 0.527. The van der Waals surface area contributed by atoms with E-state index in [4.69, 9.17) is 4.11 Å². The Kier molecular flexibility index (Phi) is 0.752. The van der Waals surface area contributed by atoms with E-state index in [1.54, 1.807) is 18.5 Å². The number of aromatic nitrogens is 4. The highest BCUT2D eigenvalue weighted by molar-refractivity contribution is 5.56. The van der Waals surface area contributed by atoms with Crippen molar-refractivity contribution in [2.75, 3.05) is 0 Å². The number of hydrogen-bond acceptors (Lipinski definition) is 2. The first-order chi connectivity index (χ1) is 6.59. The molecule has 2 heterocycles. The molecule has 0 radical (unpaired) electrons. The molecule has 1 N–H and O–H groups in total. The van der Waals surface area contributed by atoms with Gasteiger partial charge in [-0.1, -0.05) is 0 Å². The Morgan fingerprint density at radius 2 is 2.73 bits per heavy atom. The fourth-order valence-electron chi connectivity index (χ4n) is 0.913. The van der Waals surface area contributed by atoms with E-state index in [9.17, 15) is 0 Å². The lowest BCUT2D eigenvalue weighted by Gasteiger charge is -1.94. The molecular weight excluding hydrogens is 140 g/mol. The van der Waals surface area contributed by atoms with Crippen LogP contribution in [0.1, 0.15) is 4.11 Å². The first-order valence-electron chi connectivity index (χ1n) is 4.63. The molecule has 0 aliphatic heterocycles. The molecule has 4 heteroatoms. The number of nitrogens with one attached hydrogen (secondary N) is 1. The van der Waals surface area contributed by atoms with Gasteiger partial charge in [-0.25, -0.2) is 0 Å². The molecule has 0 spiro atoms. The van der Waals surface area contributed by atoms with E-state index in [0.29, 0.717) is 11.3 Å². The Hall–Kier alpha value is -1.58. The maximum absolute atomic E-state index is 7.24. The Morgan fingerprint density at radius 1 is 1.73 bits per heavy atom. The monoisotopic (exact) mass is 151 g/mol. The fourth-order valence-corrected chi connectivity index (χ4v) is 0.913. The van der Waals surface area contributed by atoms with Crippen molar-refractivity contribution in [1.82, 2.24) is 20.0 Å². The lowest BCUT2D eigenvalue weighted by atomic mass is 10.3. The second-order valence-electron chi connectivity index (χ2n) is 2.12. The number of hydrogen-bond donors (Lipinski definition) is 1. The highest BCUT2D eigenvalue weighted by Crippen LogP contribution is 2.14. The summed E-state index contributed by atoms with van der Waals surface area (Å²) in [7, 11) is 0. The maximum Gasteiger partial charge on any atom is 0.0710 e. The summed E-state index contributed by atoms with van der Waals surface area (Å²) in [6, 6.07) is 1.64. The largest absolute Gasteiger partial charge is 0.285 e. The van der Waals surface area contributed by atoms with Crippen LogP contribution in [-0.4, -0.2) is 20.0 Å². The number of aromatic amines is 1. The molecule has 0 aliphatic rings. The summed E-state index contributed by atoms with van der Waals surface area (Å²) in [5.41, 5.74) is 1.23. The molecule has 2 aromatic rings. The van der Waals surface area contributed by atoms with Crippen molar-refractivity contribution in [3.8, 4) is 11.3 Å². The van der Waals surface area contributed by atoms with E-state index < -0.39 is 6.98 Å². The predicted octanol–water partition coefficient (Wildman–Crippen LogP) is 0.810. The molecule has 0 aliphatic carbocycles. The molecule has 2 aromatic heterocycles. The van der Waals surface area contributed by atoms with Crippen LogP contribution in [0.5, 0.6) is 0 Å². The standard InChI is InChI=1S/C7H8N4/c1-11-7(2-3-10-11)6-4-8-9-5-6/h2-5H,1H3,(H,8,9)/i1D3. The molecule has 0 saturated heterocycles. The van der Waals surface area contributed by atoms with E-state index in [2.05, 4.69) is 15.3 Å². The van der Waals surface area contributed by atoms with Gasteiger partial charge in [0.25, 0.3) is 0 Å². The topological polar surface area (TPSA) is 46.5 Å². The van der Waals surface area contributed by atoms with E-state index >= 15 is 0 Å². The molecule has 56 valence electrons. The highest BCUT2D eigenvalue weighted by Gasteiger charge is 2.01. The van der Waals surface area contributed by atoms with Gasteiger partial charge in [0.1, 0.15) is 0 Å². The van der Waals surface area contributed by atoms with Crippen LogP contribution < -0.4 is 0 Å². The van der Waals surface area contributed by atoms with Crippen molar-refractivity contribution in [2.45, 2.75) is 0 Å². The molecule has 0 fully saturated rings. The first kappa shape index (κ1) is 3.71. The van der Waals surface area contributed by atoms with Gasteiger partial charge in [0.15, 0.2) is 0 Å². The fraction of sp³-hybridized carbons (Fsp3) is 0.143. The number of aryl methyl sites for hydroxylation is 1. The third kappa shape index (κ3) is 0.920. The minimum Gasteiger partial charge on any atom is -0.285 e. The highest BCUT2D eigenvalue weighted by atomic mass is 15.3. The Morgan fingerprint density at radius 3 is 3.45 bits per heavy atom. The lowest BCUT2D eigenvalue weighted by Crippen LogP contribution is -1.91. The summed E-state index contributed by atoms with van der Waals surface area (Å²) in [6.07, 6.45) is 4.63. The van der Waals surface area contributed by atoms with Crippen molar-refractivity contribution >= 4 is 0 Å². The molecule has 0 bridgehead atoms. The molecule has 0 unspecified atom stereocenters. The van der Waals surface area contributed by atoms with Gasteiger partial charge in [-0.2, -0.15) is 10.2 Å². The summed E-state index contributed by atoms with van der Waals surface area (Å²) in [4.78, 5) is 0. The summed E-state index contributed by atoms with van der Waals surface area (Å²) in [5.74, 6) is 0. The van der Waals surface area contributed by atoms with Gasteiger partial charge in [-0.3, -0.25) is 9.78 Å². The van der Waals surface area contributed by atoms with Crippen LogP contribution in [0, 0.1) is 0 Å². The third-order valence-corrected chi connectivity index (χ3v) is 1.44. The molecule has 4 nitrogen and oxygen atoms in total. The molecule has 11 heavy (non-hydrogen) atoms. The first-order valence-corrected chi connectivity index (χ1v) is 3.13. The quantitative estimate of drug-likeness (QED) is 0.655. The maximum atomic E-state index is 7.24. The lowest BCUT2D eigenvalue weighted by molar-refractivity contribution is 0.776. The van der Waals surface area contributed by atoms with Crippen molar-refractivity contribution in [1.29, 1.82) is 0 Å². The predicted molar refractivity (Wildman–Crippen MR) is 40.8 cm³/mol. The summed E-state index contributed by atoms with van der Waals surface area (Å²) in [5, 5.41) is 10.1. The molecule has 0 saturated carbocycles. The van der Waals surface area contributed by atoms with Crippen LogP contribution in [-0.2, 0) is 6.98 Å². The normalized spacial score (nSPS) is 15.5. The molecule has 0 amide bonds. The molecular formula is C7H8N4. The third-order valence-electron chi connectivity index (χ3n) is 1.44. The zero-order valence-corrected chi connectivity index (χ0v) is 5.65. The molecule has 0 atom stereocenters. The second-order valence-corrected chi connectivity index (χ2v) is 2.12. The number of rotatable bonds is 1. The van der Waals surface area contributed by atoms with Gasteiger partial charge in [0.2, 0.25) is 0 Å². The average molecular weight is 151 g/mol. The zero-order chi connectivity index (χ0) is 10.2. The Balaban J connectivity index is 2.51. The number of H-pyrrole nitrogens is 1. The minimum atomic E-state index is -2.25. The van der Waals surface area contributed by atoms with Gasteiger partial charge in [-0.05, 0) is 6.07 Å². The molecule has 2 rings (SSSR count). The zero-order valence-electron chi connectivity index (χ0n) is 8.65. The summed E-state index contributed by atoms with van der Waals surface area (Å²) >= 11 is 0. The van der Waals surface area contributed by atoms with Crippen LogP contribution in [0.25, 0.3) is 11.3 Å². The van der Waals surface area contributed by atoms with E-state index in [-0.39, 0.29) is 0 Å². The van der Waals surface area contributed by atoms with E-state index in [1.165, 1.54) is 6.20 Å². The van der Waals surface area contributed by atoms with Crippen molar-refractivity contribution in [3.05, 3.63) is 24.7 Å². The van der Waals surface area contributed by atoms with Gasteiger partial charge in [0.05, 0.1) is 11.9 Å². The molecule has 0 aromatic carbocycles. The van der Waals surface area contributed by atoms with Crippen LogP contribution in [0.2, 0.25) is 0 Å². The average Bonchev–Trinajstić information content (AvgIpc) is 2.73. The smallest absolute Gasteiger partial charge is 0.0710 e. The van der Waals surface area contributed by atoms with Gasteiger partial charge < -0.3 is 0 Å². The van der Waals surface area contributed by atoms with Gasteiger partial charge >= 0.3 is 0 Å². The Labute approximate surface area is 68.1 Å². The van der Waals surface area contributed by atoms with Crippen LogP contribution in [0.4, 0.5) is 0 Å². The second kappa shape index (κ2) is 2.23. The van der Waals surface area contributed by atoms with Crippen molar-refractivity contribution in [2.24, 2.45) is 6.98 Å². The van der Waals surface area contributed by atoms with Crippen LogP contribution in [0.15, 0.2) is 24.7 Å². The Bertz CT molecular complexity index is 414. The van der Waals surface area contributed by atoms with Gasteiger partial charge in [0, 0.05) is 29.0 Å². The SMILES string of the molecule is [2H]C([2H])([2H])n1nccc1-c1cn[nH]c1. The van der Waals surface area contributed by atoms with E-state index in [0.717, 1.165) is 4.68 Å². The van der Waals surface area contributed by atoms with Gasteiger partial charge in [-0.15, -0.1) is 0 Å². The summed E-state index contributed by atoms with van der Waals surface area (Å²) < 4.78 is 22.7. The van der Waals surface area contributed by atoms with Crippen molar-refractivity contribution in [3.63, 3.8) is 0 Å². The number of nitrogens with zero attached hydrogens (tertiary/aromatic N) is 3. The van der Waals surface area contributed by atoms with Crippen molar-refractivity contribution < 1.29 is 4.11 Å².